The number of carbonyl (C=O) groups excluding carboxylic acids is 1. The fraction of sp³-hybridized carbons (Fsp3) is 0.424. The molecule has 3 saturated heterocycles. The van der Waals surface area contributed by atoms with E-state index >= 15 is 0 Å². The Morgan fingerprint density at radius 1 is 1.11 bits per heavy atom. The van der Waals surface area contributed by atoms with Crippen molar-refractivity contribution in [3.05, 3.63) is 75.8 Å². The van der Waals surface area contributed by atoms with Gasteiger partial charge in [-0.15, -0.1) is 0 Å². The SMILES string of the molecule is COC(=O)c1cc(Cl)c2nc(CN3CCN(c4cccc5c4OC(C)(c4ccc(Cl)cn4)O5)[C@@H]4COC[C@@H]43)n(C[C@@H]3CCO3)c2c1. The second-order valence-electron chi connectivity index (χ2n) is 12.2. The van der Waals surface area contributed by atoms with Crippen LogP contribution in [0.4, 0.5) is 5.69 Å². The zero-order chi connectivity index (χ0) is 31.6. The van der Waals surface area contributed by atoms with Crippen LogP contribution in [0.25, 0.3) is 11.0 Å². The summed E-state index contributed by atoms with van der Waals surface area (Å²) in [5, 5.41) is 0.968. The molecule has 13 heteroatoms. The summed E-state index contributed by atoms with van der Waals surface area (Å²) in [5.74, 6) is 0.724. The zero-order valence-electron chi connectivity index (χ0n) is 25.4. The molecule has 0 aliphatic carbocycles. The van der Waals surface area contributed by atoms with Crippen LogP contribution in [-0.2, 0) is 33.1 Å². The highest BCUT2D eigenvalue weighted by Gasteiger charge is 2.46. The van der Waals surface area contributed by atoms with Crippen molar-refractivity contribution < 1.29 is 28.5 Å². The molecule has 8 rings (SSSR count). The number of piperazine rings is 1. The molecule has 4 aliphatic heterocycles. The summed E-state index contributed by atoms with van der Waals surface area (Å²) in [5.41, 5.74) is 3.46. The van der Waals surface area contributed by atoms with E-state index in [4.69, 9.17) is 51.9 Å². The highest BCUT2D eigenvalue weighted by Crippen LogP contribution is 2.50. The highest BCUT2D eigenvalue weighted by molar-refractivity contribution is 6.35. The standard InChI is InChI=1S/C33H33Cl2N5O6/c1-33(28-7-6-20(34)14-36-28)45-27-5-3-4-23(31(27)46-33)39-10-9-38(25-17-43-18-26(25)39)16-29-37-30-22(35)12-19(32(41)42-2)13-24(30)40(29)15-21-8-11-44-21/h3-7,12-14,21,25-26H,8-11,15-18H2,1-2H3/t21-,25-,26+,33?/m0/s1. The Morgan fingerprint density at radius 2 is 1.96 bits per heavy atom. The van der Waals surface area contributed by atoms with Gasteiger partial charge in [0, 0.05) is 32.8 Å². The summed E-state index contributed by atoms with van der Waals surface area (Å²) in [4.78, 5) is 26.7. The molecule has 1 unspecified atom stereocenters. The van der Waals surface area contributed by atoms with Crippen LogP contribution in [0.3, 0.4) is 0 Å². The number of anilines is 1. The van der Waals surface area contributed by atoms with Crippen molar-refractivity contribution in [1.29, 1.82) is 0 Å². The van der Waals surface area contributed by atoms with Crippen LogP contribution >= 0.6 is 23.2 Å². The van der Waals surface area contributed by atoms with E-state index in [9.17, 15) is 4.79 Å². The van der Waals surface area contributed by atoms with Gasteiger partial charge in [0.2, 0.25) is 0 Å². The Hall–Kier alpha value is -3.61. The molecular weight excluding hydrogens is 633 g/mol. The number of carbonyl (C=O) groups is 1. The van der Waals surface area contributed by atoms with Gasteiger partial charge in [-0.3, -0.25) is 9.88 Å². The second-order valence-corrected chi connectivity index (χ2v) is 13.0. The number of ether oxygens (including phenoxy) is 5. The van der Waals surface area contributed by atoms with E-state index in [1.807, 2.05) is 31.2 Å². The quantitative estimate of drug-likeness (QED) is 0.249. The van der Waals surface area contributed by atoms with Gasteiger partial charge >= 0.3 is 5.97 Å². The van der Waals surface area contributed by atoms with Crippen molar-refractivity contribution >= 4 is 45.9 Å². The number of aromatic nitrogens is 3. The number of methoxy groups -OCH3 is 1. The average molecular weight is 667 g/mol. The van der Waals surface area contributed by atoms with Crippen molar-refractivity contribution in [3.63, 3.8) is 0 Å². The monoisotopic (exact) mass is 665 g/mol. The predicted octanol–water partition coefficient (Wildman–Crippen LogP) is 5.05. The van der Waals surface area contributed by atoms with Gasteiger partial charge in [0.1, 0.15) is 17.0 Å². The molecule has 0 spiro atoms. The molecule has 46 heavy (non-hydrogen) atoms. The van der Waals surface area contributed by atoms with Gasteiger partial charge in [0.15, 0.2) is 11.5 Å². The number of esters is 1. The molecule has 0 radical (unpaired) electrons. The lowest BCUT2D eigenvalue weighted by molar-refractivity contribution is -0.0716. The van der Waals surface area contributed by atoms with Crippen molar-refractivity contribution in [3.8, 4) is 11.5 Å². The van der Waals surface area contributed by atoms with E-state index in [0.29, 0.717) is 64.6 Å². The second kappa shape index (κ2) is 11.6. The summed E-state index contributed by atoms with van der Waals surface area (Å²) in [7, 11) is 1.36. The predicted molar refractivity (Wildman–Crippen MR) is 171 cm³/mol. The number of imidazole rings is 1. The van der Waals surface area contributed by atoms with Crippen LogP contribution in [0.2, 0.25) is 10.0 Å². The van der Waals surface area contributed by atoms with Crippen LogP contribution < -0.4 is 14.4 Å². The van der Waals surface area contributed by atoms with Gasteiger partial charge < -0.3 is 33.2 Å². The summed E-state index contributed by atoms with van der Waals surface area (Å²) >= 11 is 12.8. The van der Waals surface area contributed by atoms with Crippen molar-refractivity contribution in [2.75, 3.05) is 44.9 Å². The normalized spacial score (nSPS) is 25.5. The Morgan fingerprint density at radius 3 is 2.72 bits per heavy atom. The highest BCUT2D eigenvalue weighted by atomic mass is 35.5. The van der Waals surface area contributed by atoms with Gasteiger partial charge in [-0.1, -0.05) is 29.3 Å². The number of hydrogen-bond acceptors (Lipinski definition) is 10. The minimum absolute atomic E-state index is 0.0895. The molecule has 3 fully saturated rings. The van der Waals surface area contributed by atoms with E-state index in [2.05, 4.69) is 25.4 Å². The number of para-hydroxylation sites is 1. The summed E-state index contributed by atoms with van der Waals surface area (Å²) < 4.78 is 31.9. The Kier molecular flexibility index (Phi) is 7.49. The fourth-order valence-electron chi connectivity index (χ4n) is 6.93. The molecule has 4 atom stereocenters. The number of fused-ring (bicyclic) bond motifs is 3. The number of rotatable bonds is 7. The molecule has 240 valence electrons. The molecule has 0 bridgehead atoms. The fourth-order valence-corrected chi connectivity index (χ4v) is 7.30. The summed E-state index contributed by atoms with van der Waals surface area (Å²) in [6.45, 7) is 6.55. The maximum Gasteiger partial charge on any atom is 0.337 e. The molecule has 2 aromatic carbocycles. The smallest absolute Gasteiger partial charge is 0.337 e. The van der Waals surface area contributed by atoms with Crippen LogP contribution in [0, 0.1) is 0 Å². The average Bonchev–Trinajstić information content (AvgIpc) is 3.75. The lowest BCUT2D eigenvalue weighted by atomic mass is 10.0. The van der Waals surface area contributed by atoms with Crippen molar-refractivity contribution in [1.82, 2.24) is 19.4 Å². The molecule has 0 saturated carbocycles. The largest absolute Gasteiger partial charge is 0.465 e. The lowest BCUT2D eigenvalue weighted by Crippen LogP contribution is -2.59. The first-order valence-electron chi connectivity index (χ1n) is 15.4. The van der Waals surface area contributed by atoms with E-state index in [0.717, 1.165) is 43.1 Å². The van der Waals surface area contributed by atoms with E-state index < -0.39 is 11.8 Å². The minimum atomic E-state index is -1.07. The minimum Gasteiger partial charge on any atom is -0.465 e. The van der Waals surface area contributed by atoms with Crippen LogP contribution in [0.5, 0.6) is 11.5 Å². The number of halogens is 2. The third-order valence-corrected chi connectivity index (χ3v) is 9.92. The van der Waals surface area contributed by atoms with Crippen molar-refractivity contribution in [2.45, 2.75) is 50.4 Å². The Bertz CT molecular complexity index is 1810. The van der Waals surface area contributed by atoms with Gasteiger partial charge in [0.05, 0.1) is 78.4 Å². The first kappa shape index (κ1) is 29.8. The third kappa shape index (κ3) is 5.05. The van der Waals surface area contributed by atoms with Crippen LogP contribution in [0.15, 0.2) is 48.7 Å². The molecule has 11 nitrogen and oxygen atoms in total. The van der Waals surface area contributed by atoms with E-state index in [1.165, 1.54) is 7.11 Å². The number of nitrogens with zero attached hydrogens (tertiary/aromatic N) is 5. The molecule has 0 amide bonds. The van der Waals surface area contributed by atoms with Crippen molar-refractivity contribution in [2.24, 2.45) is 0 Å². The zero-order valence-corrected chi connectivity index (χ0v) is 27.0. The molecule has 6 heterocycles. The number of pyridine rings is 1. The van der Waals surface area contributed by atoms with Gasteiger partial charge in [-0.2, -0.15) is 0 Å². The maximum atomic E-state index is 12.4. The van der Waals surface area contributed by atoms with E-state index in [1.54, 1.807) is 18.3 Å². The number of benzene rings is 2. The topological polar surface area (TPSA) is 100 Å². The third-order valence-electron chi connectivity index (χ3n) is 9.41. The molecule has 4 aliphatic rings. The number of hydrogen-bond donors (Lipinski definition) is 0. The van der Waals surface area contributed by atoms with Crippen LogP contribution in [-0.4, -0.2) is 83.6 Å². The molecular formula is C33H33Cl2N5O6. The van der Waals surface area contributed by atoms with Gasteiger partial charge in [-0.25, -0.2) is 9.78 Å². The summed E-state index contributed by atoms with van der Waals surface area (Å²) in [6, 6.07) is 13.2. The van der Waals surface area contributed by atoms with E-state index in [-0.39, 0.29) is 18.2 Å². The van der Waals surface area contributed by atoms with Crippen LogP contribution in [0.1, 0.15) is 35.2 Å². The maximum absolute atomic E-state index is 12.4. The first-order chi connectivity index (χ1) is 22.3. The molecule has 2 aromatic heterocycles. The Balaban J connectivity index is 1.08. The first-order valence-corrected chi connectivity index (χ1v) is 16.2. The van der Waals surface area contributed by atoms with Gasteiger partial charge in [-0.05, 0) is 42.8 Å². The molecule has 4 aromatic rings. The Labute approximate surface area is 275 Å². The molecule has 0 N–H and O–H groups in total. The van der Waals surface area contributed by atoms with Gasteiger partial charge in [0.25, 0.3) is 5.79 Å². The lowest BCUT2D eigenvalue weighted by Gasteiger charge is -2.44. The summed E-state index contributed by atoms with van der Waals surface area (Å²) in [6.07, 6.45) is 2.66.